The fourth-order valence-electron chi connectivity index (χ4n) is 2.30. The molecule has 1 aliphatic heterocycles. The van der Waals surface area contributed by atoms with Gasteiger partial charge >= 0.3 is 0 Å². The van der Waals surface area contributed by atoms with Crippen LogP contribution in [-0.4, -0.2) is 17.1 Å². The van der Waals surface area contributed by atoms with E-state index in [-0.39, 0.29) is 0 Å². The highest BCUT2D eigenvalue weighted by atomic mass is 35.5. The van der Waals surface area contributed by atoms with Gasteiger partial charge in [-0.05, 0) is 11.1 Å². The molecule has 19 heavy (non-hydrogen) atoms. The molecule has 1 aromatic carbocycles. The van der Waals surface area contributed by atoms with Crippen molar-refractivity contribution in [2.75, 3.05) is 12.0 Å². The summed E-state index contributed by atoms with van der Waals surface area (Å²) in [5, 5.41) is 0.452. The summed E-state index contributed by atoms with van der Waals surface area (Å²) in [6.45, 7) is 2.08. The molecule has 0 amide bonds. The lowest BCUT2D eigenvalue weighted by Crippen LogP contribution is -2.17. The number of hydrogen-bond donors (Lipinski definition) is 0. The zero-order valence-electron chi connectivity index (χ0n) is 10.6. The Morgan fingerprint density at radius 2 is 1.89 bits per heavy atom. The Morgan fingerprint density at radius 3 is 2.53 bits per heavy atom. The second-order valence-electron chi connectivity index (χ2n) is 4.52. The van der Waals surface area contributed by atoms with E-state index in [1.807, 2.05) is 0 Å². The van der Waals surface area contributed by atoms with Crippen LogP contribution in [0.5, 0.6) is 0 Å². The molecule has 0 N–H and O–H groups in total. The van der Waals surface area contributed by atoms with Gasteiger partial charge in [-0.3, -0.25) is 0 Å². The monoisotopic (exact) mass is 275 g/mol. The number of halogens is 1. The number of methoxy groups -OCH3 is 1. The molecule has 0 radical (unpaired) electrons. The van der Waals surface area contributed by atoms with E-state index in [0.717, 1.165) is 18.9 Å². The zero-order valence-corrected chi connectivity index (χ0v) is 11.4. The summed E-state index contributed by atoms with van der Waals surface area (Å²) in [4.78, 5) is 10.8. The van der Waals surface area contributed by atoms with E-state index >= 15 is 0 Å². The molecule has 5 heteroatoms. The van der Waals surface area contributed by atoms with Gasteiger partial charge in [-0.1, -0.05) is 35.9 Å². The van der Waals surface area contributed by atoms with Crippen molar-refractivity contribution >= 4 is 17.4 Å². The fraction of sp³-hybridized carbons (Fsp3) is 0.286. The van der Waals surface area contributed by atoms with Gasteiger partial charge in [0.1, 0.15) is 17.6 Å². The van der Waals surface area contributed by atoms with Gasteiger partial charge in [0.25, 0.3) is 0 Å². The number of nitrogens with zero attached hydrogens (tertiary/aromatic N) is 3. The van der Waals surface area contributed by atoms with Gasteiger partial charge in [-0.25, -0.2) is 9.97 Å². The summed E-state index contributed by atoms with van der Waals surface area (Å²) < 4.78 is 5.06. The SMILES string of the molecule is COCc1nc(Cl)cc(N2Cc3ccccc3C2)n1. The molecule has 3 rings (SSSR count). The maximum Gasteiger partial charge on any atom is 0.158 e. The van der Waals surface area contributed by atoms with Crippen LogP contribution >= 0.6 is 11.6 Å². The lowest BCUT2D eigenvalue weighted by atomic mass is 10.1. The molecule has 98 valence electrons. The van der Waals surface area contributed by atoms with Crippen molar-refractivity contribution < 1.29 is 4.74 Å². The smallest absolute Gasteiger partial charge is 0.158 e. The van der Waals surface area contributed by atoms with Gasteiger partial charge in [0, 0.05) is 26.3 Å². The molecular weight excluding hydrogens is 262 g/mol. The normalized spacial score (nSPS) is 13.7. The highest BCUT2D eigenvalue weighted by molar-refractivity contribution is 6.29. The molecule has 0 saturated carbocycles. The summed E-state index contributed by atoms with van der Waals surface area (Å²) in [6, 6.07) is 10.2. The molecule has 4 nitrogen and oxygen atoms in total. The Kier molecular flexibility index (Phi) is 3.36. The zero-order chi connectivity index (χ0) is 13.2. The Labute approximate surface area is 117 Å². The number of aromatic nitrogens is 2. The predicted molar refractivity (Wildman–Crippen MR) is 74.1 cm³/mol. The minimum absolute atomic E-state index is 0.369. The van der Waals surface area contributed by atoms with Gasteiger partial charge in [-0.15, -0.1) is 0 Å². The molecular formula is C14H14ClN3O. The van der Waals surface area contributed by atoms with Crippen LogP contribution in [0.15, 0.2) is 30.3 Å². The van der Waals surface area contributed by atoms with Crippen LogP contribution in [0.1, 0.15) is 17.0 Å². The third-order valence-corrected chi connectivity index (χ3v) is 3.36. The van der Waals surface area contributed by atoms with Gasteiger partial charge in [0.2, 0.25) is 0 Å². The van der Waals surface area contributed by atoms with Gasteiger partial charge < -0.3 is 9.64 Å². The summed E-state index contributed by atoms with van der Waals surface area (Å²) in [6.07, 6.45) is 0. The van der Waals surface area contributed by atoms with Crippen molar-refractivity contribution in [3.63, 3.8) is 0 Å². The Balaban J connectivity index is 1.88. The van der Waals surface area contributed by atoms with Crippen molar-refractivity contribution in [1.29, 1.82) is 0 Å². The first-order valence-corrected chi connectivity index (χ1v) is 6.48. The first kappa shape index (κ1) is 12.4. The molecule has 0 aliphatic carbocycles. The fourth-order valence-corrected chi connectivity index (χ4v) is 2.50. The number of ether oxygens (including phenoxy) is 1. The van der Waals surface area contributed by atoms with Crippen molar-refractivity contribution in [1.82, 2.24) is 9.97 Å². The topological polar surface area (TPSA) is 38.2 Å². The van der Waals surface area contributed by atoms with Crippen LogP contribution in [0.25, 0.3) is 0 Å². The van der Waals surface area contributed by atoms with Gasteiger partial charge in [-0.2, -0.15) is 0 Å². The van der Waals surface area contributed by atoms with E-state index in [4.69, 9.17) is 16.3 Å². The van der Waals surface area contributed by atoms with Crippen LogP contribution in [0, 0.1) is 0 Å². The van der Waals surface area contributed by atoms with Crippen molar-refractivity contribution in [2.45, 2.75) is 19.7 Å². The Hall–Kier alpha value is -1.65. The highest BCUT2D eigenvalue weighted by Crippen LogP contribution is 2.27. The lowest BCUT2D eigenvalue weighted by Gasteiger charge is -2.17. The third kappa shape index (κ3) is 2.55. The summed E-state index contributed by atoms with van der Waals surface area (Å²) >= 11 is 6.04. The van der Waals surface area contributed by atoms with Gasteiger partial charge in [0.05, 0.1) is 0 Å². The van der Waals surface area contributed by atoms with Crippen LogP contribution < -0.4 is 4.90 Å². The molecule has 0 bridgehead atoms. The molecule has 2 aromatic rings. The quantitative estimate of drug-likeness (QED) is 0.808. The molecule has 2 heterocycles. The highest BCUT2D eigenvalue weighted by Gasteiger charge is 2.20. The molecule has 1 aromatic heterocycles. The summed E-state index contributed by atoms with van der Waals surface area (Å²) in [5.74, 6) is 1.46. The summed E-state index contributed by atoms with van der Waals surface area (Å²) in [5.41, 5.74) is 2.68. The summed E-state index contributed by atoms with van der Waals surface area (Å²) in [7, 11) is 1.62. The van der Waals surface area contributed by atoms with Crippen LogP contribution in [0.3, 0.4) is 0 Å². The average Bonchev–Trinajstić information content (AvgIpc) is 2.82. The van der Waals surface area contributed by atoms with Crippen LogP contribution in [0.4, 0.5) is 5.82 Å². The van der Waals surface area contributed by atoms with E-state index < -0.39 is 0 Å². The van der Waals surface area contributed by atoms with E-state index in [2.05, 4.69) is 39.1 Å². The van der Waals surface area contributed by atoms with Crippen molar-refractivity contribution in [3.05, 3.63) is 52.4 Å². The maximum atomic E-state index is 6.04. The predicted octanol–water partition coefficient (Wildman–Crippen LogP) is 2.80. The number of hydrogen-bond acceptors (Lipinski definition) is 4. The average molecular weight is 276 g/mol. The number of fused-ring (bicyclic) bond motifs is 1. The molecule has 0 spiro atoms. The molecule has 0 saturated heterocycles. The van der Waals surface area contributed by atoms with Crippen molar-refractivity contribution in [3.8, 4) is 0 Å². The van der Waals surface area contributed by atoms with E-state index in [1.165, 1.54) is 11.1 Å². The minimum Gasteiger partial charge on any atom is -0.377 e. The van der Waals surface area contributed by atoms with E-state index in [9.17, 15) is 0 Å². The molecule has 0 unspecified atom stereocenters. The second-order valence-corrected chi connectivity index (χ2v) is 4.91. The Morgan fingerprint density at radius 1 is 1.21 bits per heavy atom. The maximum absolute atomic E-state index is 6.04. The van der Waals surface area contributed by atoms with E-state index in [0.29, 0.717) is 17.6 Å². The first-order chi connectivity index (χ1) is 9.26. The van der Waals surface area contributed by atoms with Crippen molar-refractivity contribution in [2.24, 2.45) is 0 Å². The van der Waals surface area contributed by atoms with Gasteiger partial charge in [0.15, 0.2) is 5.82 Å². The number of anilines is 1. The number of rotatable bonds is 3. The van der Waals surface area contributed by atoms with Crippen LogP contribution in [0.2, 0.25) is 5.15 Å². The molecule has 1 aliphatic rings. The molecule has 0 atom stereocenters. The lowest BCUT2D eigenvalue weighted by molar-refractivity contribution is 0.178. The standard InChI is InChI=1S/C14H14ClN3O/c1-19-9-13-16-12(15)6-14(17-13)18-7-10-4-2-3-5-11(10)8-18/h2-6H,7-9H2,1H3. The second kappa shape index (κ2) is 5.15. The largest absolute Gasteiger partial charge is 0.377 e. The van der Waals surface area contributed by atoms with E-state index in [1.54, 1.807) is 13.2 Å². The minimum atomic E-state index is 0.369. The first-order valence-electron chi connectivity index (χ1n) is 6.10. The third-order valence-electron chi connectivity index (χ3n) is 3.17. The van der Waals surface area contributed by atoms with Crippen LogP contribution in [-0.2, 0) is 24.4 Å². The number of benzene rings is 1. The molecule has 0 fully saturated rings. The Bertz CT molecular complexity index is 578.